The average Bonchev–Trinajstić information content (AvgIpc) is 3.34. The van der Waals surface area contributed by atoms with Crippen molar-refractivity contribution in [2.45, 2.75) is 37.5 Å². The number of phenols is 1. The zero-order chi connectivity index (χ0) is 53.5. The summed E-state index contributed by atoms with van der Waals surface area (Å²) in [7, 11) is -9.24. The maximum Gasteiger partial charge on any atom is 2.00 e. The fourth-order valence-corrected chi connectivity index (χ4v) is 10.2. The number of benzene rings is 8. The molecule has 0 aliphatic heterocycles. The Kier molecular flexibility index (Phi) is 19.3. The first-order chi connectivity index (χ1) is 35.2. The van der Waals surface area contributed by atoms with Crippen LogP contribution in [0.1, 0.15) is 40.9 Å². The van der Waals surface area contributed by atoms with Crippen LogP contribution < -0.4 is 25.0 Å². The van der Waals surface area contributed by atoms with Gasteiger partial charge in [-0.1, -0.05) is 102 Å². The molecule has 18 nitrogen and oxygen atoms in total. The Morgan fingerprint density at radius 3 is 1.64 bits per heavy atom. The molecule has 0 aromatic heterocycles. The summed E-state index contributed by atoms with van der Waals surface area (Å²) in [6.45, 7) is 7.52. The molecular weight excluding hydrogens is 1170 g/mol. The number of ether oxygens (including phenoxy) is 2. The molecule has 0 spiro atoms. The van der Waals surface area contributed by atoms with Crippen LogP contribution in [0.2, 0.25) is 10.0 Å². The van der Waals surface area contributed by atoms with Crippen LogP contribution in [0.25, 0.3) is 21.5 Å². The minimum atomic E-state index is -4.63. The topological polar surface area (TPSA) is 284 Å². The van der Waals surface area contributed by atoms with Crippen LogP contribution in [0, 0.1) is 13.8 Å². The van der Waals surface area contributed by atoms with E-state index in [4.69, 9.17) is 32.7 Å². The van der Waals surface area contributed by atoms with Gasteiger partial charge in [0.2, 0.25) is 0 Å². The van der Waals surface area contributed by atoms with E-state index in [0.29, 0.717) is 57.6 Å². The van der Waals surface area contributed by atoms with Crippen LogP contribution in [-0.2, 0) is 20.2 Å². The number of aromatic hydroxyl groups is 1. The quantitative estimate of drug-likeness (QED) is 0.0260. The number of fused-ring (bicyclic) bond motifs is 2. The Morgan fingerprint density at radius 1 is 0.627 bits per heavy atom. The van der Waals surface area contributed by atoms with Gasteiger partial charge in [0.1, 0.15) is 38.4 Å². The van der Waals surface area contributed by atoms with E-state index in [1.54, 1.807) is 97.1 Å². The van der Waals surface area contributed by atoms with Crippen molar-refractivity contribution < 1.29 is 55.5 Å². The minimum absolute atomic E-state index is 0. The average molecular weight is 1220 g/mol. The van der Waals surface area contributed by atoms with E-state index >= 15 is 0 Å². The van der Waals surface area contributed by atoms with Crippen molar-refractivity contribution in [3.8, 4) is 23.0 Å². The molecule has 0 bridgehead atoms. The first kappa shape index (κ1) is 57.9. The normalized spacial score (nSPS) is 11.9. The molecule has 0 saturated carbocycles. The number of azo groups is 2. The van der Waals surface area contributed by atoms with Gasteiger partial charge in [0.05, 0.1) is 40.2 Å². The molecule has 75 heavy (non-hydrogen) atoms. The van der Waals surface area contributed by atoms with Gasteiger partial charge in [0.15, 0.2) is 5.75 Å². The number of nitrogens with zero attached hydrogens (tertiary/aromatic N) is 5. The number of halogens is 2. The van der Waals surface area contributed by atoms with Crippen molar-refractivity contribution in [1.82, 2.24) is 0 Å². The largest absolute Gasteiger partial charge is 2.00 e. The summed E-state index contributed by atoms with van der Waals surface area (Å²) < 4.78 is 77.0. The fourth-order valence-electron chi connectivity index (χ4n) is 7.46. The van der Waals surface area contributed by atoms with Gasteiger partial charge in [-0.2, -0.15) is 21.9 Å². The molecule has 0 atom stereocenters. The number of carbonyl (C=O) groups excluding carboxylic acids is 1. The number of hydrogen-bond acceptors (Lipinski definition) is 15. The molecule has 8 aromatic rings. The van der Waals surface area contributed by atoms with Gasteiger partial charge in [-0.3, -0.25) is 18.9 Å². The Balaban J connectivity index is 0.000000241. The van der Waals surface area contributed by atoms with E-state index in [1.807, 2.05) is 13.8 Å². The first-order valence-corrected chi connectivity index (χ1v) is 25.7. The van der Waals surface area contributed by atoms with Crippen LogP contribution in [0.5, 0.6) is 23.0 Å². The third-order valence-corrected chi connectivity index (χ3v) is 13.9. The van der Waals surface area contributed by atoms with Crippen LogP contribution in [-0.4, -0.2) is 105 Å². The van der Waals surface area contributed by atoms with E-state index in [2.05, 4.69) is 30.8 Å². The van der Waals surface area contributed by atoms with E-state index in [0.717, 1.165) is 0 Å². The fraction of sp³-hybridized carbons (Fsp3) is 0.115. The summed E-state index contributed by atoms with van der Waals surface area (Å²) >= 11 is 12.4. The van der Waals surface area contributed by atoms with Crippen LogP contribution in [0.4, 0.5) is 34.1 Å². The number of aliphatic imine (C=N–C) groups is 1. The van der Waals surface area contributed by atoms with Gasteiger partial charge in [-0.15, -0.1) is 15.3 Å². The van der Waals surface area contributed by atoms with Gasteiger partial charge < -0.3 is 30.1 Å². The molecule has 0 aliphatic carbocycles. The molecular formula is C52H42BaCl2N6O12S2. The van der Waals surface area contributed by atoms with Gasteiger partial charge in [-0.25, -0.2) is 0 Å². The number of carbonyl (C=O) groups is 1. The Labute approximate surface area is 481 Å². The second-order valence-electron chi connectivity index (χ2n) is 15.9. The van der Waals surface area contributed by atoms with Crippen molar-refractivity contribution in [3.05, 3.63) is 166 Å². The molecule has 380 valence electrons. The SMILES string of the molecule is CCOc1cccc(N=C([O-])c2cc3ccccc3c(N=Nc3ccc(C)c(S(=O)(=O)O)c3Cl)c2[O-])c1.CCOc1cccc(NC(=O)c2cc3ccccc3c(N=Nc3ccc(C)c(S(=O)(=O)O)c3Cl)c2O)c1.[Ba+2]. The monoisotopic (exact) mass is 1210 g/mol. The molecule has 0 heterocycles. The molecule has 4 N–H and O–H groups in total. The smallest absolute Gasteiger partial charge is 0.871 e. The number of rotatable bonds is 14. The van der Waals surface area contributed by atoms with Crippen molar-refractivity contribution >= 4 is 160 Å². The molecule has 1 amide bonds. The van der Waals surface area contributed by atoms with Crippen LogP contribution in [0.15, 0.2) is 169 Å². The third-order valence-electron chi connectivity index (χ3n) is 10.8. The summed E-state index contributed by atoms with van der Waals surface area (Å²) in [5.41, 5.74) is 0.651. The predicted molar refractivity (Wildman–Crippen MR) is 284 cm³/mol. The van der Waals surface area contributed by atoms with Crippen LogP contribution >= 0.6 is 23.2 Å². The summed E-state index contributed by atoms with van der Waals surface area (Å²) in [5.74, 6) is -1.39. The van der Waals surface area contributed by atoms with E-state index in [9.17, 15) is 46.1 Å². The van der Waals surface area contributed by atoms with Gasteiger partial charge in [0.25, 0.3) is 26.1 Å². The number of anilines is 1. The van der Waals surface area contributed by atoms with Crippen molar-refractivity contribution in [2.75, 3.05) is 18.5 Å². The molecule has 0 radical (unpaired) electrons. The molecule has 23 heteroatoms. The Hall–Kier alpha value is -6.41. The first-order valence-electron chi connectivity index (χ1n) is 22.1. The number of nitrogens with one attached hydrogen (secondary N) is 1. The van der Waals surface area contributed by atoms with Crippen molar-refractivity contribution in [2.24, 2.45) is 25.4 Å². The van der Waals surface area contributed by atoms with Gasteiger partial charge in [0, 0.05) is 28.6 Å². The summed E-state index contributed by atoms with van der Waals surface area (Å²) in [6, 6.07) is 35.8. The summed E-state index contributed by atoms with van der Waals surface area (Å²) in [6.07, 6.45) is 0. The second kappa shape index (κ2) is 25.0. The molecule has 0 saturated heterocycles. The third kappa shape index (κ3) is 13.7. The van der Waals surface area contributed by atoms with E-state index in [-0.39, 0.29) is 104 Å². The number of amides is 1. The maximum absolute atomic E-state index is 13.3. The zero-order valence-electron chi connectivity index (χ0n) is 40.1. The number of phenolic OH excluding ortho intramolecular Hbond substituents is 1. The predicted octanol–water partition coefficient (Wildman–Crippen LogP) is 11.8. The Morgan fingerprint density at radius 2 is 1.11 bits per heavy atom. The zero-order valence-corrected chi connectivity index (χ0v) is 47.7. The van der Waals surface area contributed by atoms with Gasteiger partial charge in [-0.05, 0) is 110 Å². The molecule has 0 aliphatic rings. The van der Waals surface area contributed by atoms with Crippen molar-refractivity contribution in [3.63, 3.8) is 0 Å². The number of aryl methyl sites for hydroxylation is 2. The van der Waals surface area contributed by atoms with Gasteiger partial charge >= 0.3 is 48.9 Å². The Bertz CT molecular complexity index is 3830. The summed E-state index contributed by atoms with van der Waals surface area (Å²) in [5, 5.41) is 57.7. The molecule has 0 fully saturated rings. The van der Waals surface area contributed by atoms with E-state index < -0.39 is 53.3 Å². The number of hydrogen-bond donors (Lipinski definition) is 4. The maximum atomic E-state index is 13.3. The molecule has 0 unspecified atom stereocenters. The van der Waals surface area contributed by atoms with Crippen LogP contribution in [0.3, 0.4) is 0 Å². The summed E-state index contributed by atoms with van der Waals surface area (Å²) in [4.78, 5) is 16.2. The van der Waals surface area contributed by atoms with Crippen molar-refractivity contribution in [1.29, 1.82) is 0 Å². The minimum Gasteiger partial charge on any atom is -0.871 e. The molecule has 8 aromatic carbocycles. The standard InChI is InChI=1S/2C26H22ClN3O6S.Ba/c2*1-3-36-18-9-6-8-17(14-18)28-26(32)20-13-16-7-4-5-10-19(16)23(24(20)31)30-29-21-12-11-15(2)25(22(21)27)37(33,34)35;/h2*4-14,31H,3H2,1-2H3,(H,28,32)(H,33,34,35);/q;;+2/p-2. The molecule has 8 rings (SSSR count). The second-order valence-corrected chi connectivity index (χ2v) is 19.3. The van der Waals surface area contributed by atoms with E-state index in [1.165, 1.54) is 50.2 Å².